The van der Waals surface area contributed by atoms with Crippen LogP contribution in [0.4, 0.5) is 13.2 Å². The van der Waals surface area contributed by atoms with Crippen LogP contribution in [0, 0.1) is 0 Å². The van der Waals surface area contributed by atoms with Crippen molar-refractivity contribution in [3.8, 4) is 11.1 Å². The van der Waals surface area contributed by atoms with Crippen LogP contribution in [0.25, 0.3) is 11.1 Å². The molecule has 112 valence electrons. The van der Waals surface area contributed by atoms with Crippen LogP contribution in [0.3, 0.4) is 0 Å². The molecule has 1 heterocycles. The Morgan fingerprint density at radius 3 is 2.14 bits per heavy atom. The molecule has 2 nitrogen and oxygen atoms in total. The summed E-state index contributed by atoms with van der Waals surface area (Å²) in [5.41, 5.74) is 1.28. The van der Waals surface area contributed by atoms with Crippen LogP contribution in [0.15, 0.2) is 42.6 Å². The molecule has 1 aromatic heterocycles. The van der Waals surface area contributed by atoms with Gasteiger partial charge >= 0.3 is 6.18 Å². The smallest absolute Gasteiger partial charge is 0.388 e. The van der Waals surface area contributed by atoms with E-state index in [0.717, 1.165) is 23.6 Å². The van der Waals surface area contributed by atoms with Gasteiger partial charge in [-0.25, -0.2) is 0 Å². The second kappa shape index (κ2) is 6.26. The van der Waals surface area contributed by atoms with Crippen molar-refractivity contribution in [1.82, 2.24) is 4.98 Å². The molecule has 21 heavy (non-hydrogen) atoms. The lowest BCUT2D eigenvalue weighted by Crippen LogP contribution is -2.07. The third-order valence-corrected chi connectivity index (χ3v) is 3.24. The zero-order valence-corrected chi connectivity index (χ0v) is 11.6. The number of halogens is 3. The number of pyridine rings is 1. The Morgan fingerprint density at radius 2 is 1.67 bits per heavy atom. The zero-order valence-electron chi connectivity index (χ0n) is 11.6. The summed E-state index contributed by atoms with van der Waals surface area (Å²) < 4.78 is 37.3. The molecule has 2 aromatic rings. The number of aliphatic hydroxyl groups excluding tert-OH is 1. The third kappa shape index (κ3) is 3.82. The van der Waals surface area contributed by atoms with Gasteiger partial charge in [-0.15, -0.1) is 0 Å². The molecule has 0 saturated heterocycles. The molecule has 1 N–H and O–H groups in total. The van der Waals surface area contributed by atoms with E-state index in [0.29, 0.717) is 12.0 Å². The second-order valence-corrected chi connectivity index (χ2v) is 4.86. The van der Waals surface area contributed by atoms with E-state index in [-0.39, 0.29) is 0 Å². The number of benzene rings is 1. The first-order chi connectivity index (χ1) is 9.91. The summed E-state index contributed by atoms with van der Waals surface area (Å²) in [6.45, 7) is 1.99. The van der Waals surface area contributed by atoms with Crippen molar-refractivity contribution in [2.24, 2.45) is 0 Å². The molecule has 5 heteroatoms. The maximum absolute atomic E-state index is 12.4. The predicted octanol–water partition coefficient (Wildman–Crippen LogP) is 4.60. The molecule has 0 aliphatic rings. The van der Waals surface area contributed by atoms with Crippen LogP contribution in [-0.4, -0.2) is 10.1 Å². The van der Waals surface area contributed by atoms with E-state index in [9.17, 15) is 18.3 Å². The lowest BCUT2D eigenvalue weighted by atomic mass is 10.0. The summed E-state index contributed by atoms with van der Waals surface area (Å²) >= 11 is 0. The highest BCUT2D eigenvalue weighted by Crippen LogP contribution is 2.29. The summed E-state index contributed by atoms with van der Waals surface area (Å²) in [7, 11) is 0. The maximum atomic E-state index is 12.4. The molecule has 0 aliphatic heterocycles. The fraction of sp³-hybridized carbons (Fsp3) is 0.312. The number of nitrogens with zero attached hydrogens (tertiary/aromatic N) is 1. The minimum atomic E-state index is -4.42. The molecule has 0 radical (unpaired) electrons. The van der Waals surface area contributed by atoms with E-state index in [4.69, 9.17) is 0 Å². The Bertz CT molecular complexity index is 576. The SMILES string of the molecule is CCCC(O)c1ccc(-c2ccc(C(F)(F)F)nc2)cc1. The lowest BCUT2D eigenvalue weighted by Gasteiger charge is -2.11. The highest BCUT2D eigenvalue weighted by molar-refractivity contribution is 5.62. The minimum absolute atomic E-state index is 0.505. The Morgan fingerprint density at radius 1 is 1.05 bits per heavy atom. The topological polar surface area (TPSA) is 33.1 Å². The molecule has 0 aliphatic carbocycles. The summed E-state index contributed by atoms with van der Waals surface area (Å²) in [5.74, 6) is 0. The van der Waals surface area contributed by atoms with Crippen molar-refractivity contribution in [2.75, 3.05) is 0 Å². The van der Waals surface area contributed by atoms with Gasteiger partial charge in [-0.3, -0.25) is 4.98 Å². The third-order valence-electron chi connectivity index (χ3n) is 3.24. The molecule has 0 amide bonds. The van der Waals surface area contributed by atoms with Crippen molar-refractivity contribution < 1.29 is 18.3 Å². The zero-order chi connectivity index (χ0) is 15.5. The summed E-state index contributed by atoms with van der Waals surface area (Å²) in [6, 6.07) is 9.49. The van der Waals surface area contributed by atoms with E-state index in [2.05, 4.69) is 4.98 Å². The highest BCUT2D eigenvalue weighted by atomic mass is 19.4. The van der Waals surface area contributed by atoms with Crippen LogP contribution >= 0.6 is 0 Å². The second-order valence-electron chi connectivity index (χ2n) is 4.86. The van der Waals surface area contributed by atoms with Gasteiger partial charge in [0.2, 0.25) is 0 Å². The Kier molecular flexibility index (Phi) is 4.63. The lowest BCUT2D eigenvalue weighted by molar-refractivity contribution is -0.141. The Hall–Kier alpha value is -1.88. The van der Waals surface area contributed by atoms with Gasteiger partial charge in [0.05, 0.1) is 6.10 Å². The fourth-order valence-corrected chi connectivity index (χ4v) is 2.07. The van der Waals surface area contributed by atoms with Crippen molar-refractivity contribution in [1.29, 1.82) is 0 Å². The van der Waals surface area contributed by atoms with Gasteiger partial charge < -0.3 is 5.11 Å². The number of rotatable bonds is 4. The predicted molar refractivity (Wildman–Crippen MR) is 74.5 cm³/mol. The standard InChI is InChI=1S/C16H16F3NO/c1-2-3-14(21)12-6-4-11(5-7-12)13-8-9-15(20-10-13)16(17,18)19/h4-10,14,21H,2-3H2,1H3. The van der Waals surface area contributed by atoms with Crippen LogP contribution in [-0.2, 0) is 6.18 Å². The molecule has 1 unspecified atom stereocenters. The van der Waals surface area contributed by atoms with Crippen molar-refractivity contribution >= 4 is 0 Å². The first-order valence-electron chi connectivity index (χ1n) is 6.73. The summed E-state index contributed by atoms with van der Waals surface area (Å²) in [6.07, 6.45) is -2.16. The van der Waals surface area contributed by atoms with Crippen molar-refractivity contribution in [3.05, 3.63) is 53.9 Å². The van der Waals surface area contributed by atoms with E-state index in [1.165, 1.54) is 12.3 Å². The van der Waals surface area contributed by atoms with Gasteiger partial charge in [-0.2, -0.15) is 13.2 Å². The average Bonchev–Trinajstić information content (AvgIpc) is 2.47. The number of hydrogen-bond donors (Lipinski definition) is 1. The monoisotopic (exact) mass is 295 g/mol. The Balaban J connectivity index is 2.19. The van der Waals surface area contributed by atoms with Crippen molar-refractivity contribution in [3.63, 3.8) is 0 Å². The van der Waals surface area contributed by atoms with E-state index in [1.807, 2.05) is 6.92 Å². The highest BCUT2D eigenvalue weighted by Gasteiger charge is 2.32. The quantitative estimate of drug-likeness (QED) is 0.894. The van der Waals surface area contributed by atoms with Crippen LogP contribution in [0.2, 0.25) is 0 Å². The summed E-state index contributed by atoms with van der Waals surface area (Å²) in [4.78, 5) is 3.44. The molecule has 1 atom stereocenters. The van der Waals surface area contributed by atoms with Gasteiger partial charge in [-0.05, 0) is 23.6 Å². The van der Waals surface area contributed by atoms with Crippen LogP contribution in [0.5, 0.6) is 0 Å². The van der Waals surface area contributed by atoms with Crippen LogP contribution in [0.1, 0.15) is 37.1 Å². The molecular formula is C16H16F3NO. The number of aromatic nitrogens is 1. The van der Waals surface area contributed by atoms with Crippen LogP contribution < -0.4 is 0 Å². The molecule has 2 rings (SSSR count). The van der Waals surface area contributed by atoms with E-state index < -0.39 is 18.0 Å². The van der Waals surface area contributed by atoms with Crippen molar-refractivity contribution in [2.45, 2.75) is 32.0 Å². The molecule has 0 fully saturated rings. The van der Waals surface area contributed by atoms with Gasteiger partial charge in [0.25, 0.3) is 0 Å². The maximum Gasteiger partial charge on any atom is 0.433 e. The molecular weight excluding hydrogens is 279 g/mol. The first-order valence-corrected chi connectivity index (χ1v) is 6.73. The van der Waals surface area contributed by atoms with Gasteiger partial charge in [0, 0.05) is 11.8 Å². The van der Waals surface area contributed by atoms with E-state index in [1.54, 1.807) is 24.3 Å². The van der Waals surface area contributed by atoms with E-state index >= 15 is 0 Å². The average molecular weight is 295 g/mol. The van der Waals surface area contributed by atoms with Gasteiger partial charge in [0.1, 0.15) is 5.69 Å². The Labute approximate surface area is 121 Å². The number of hydrogen-bond acceptors (Lipinski definition) is 2. The van der Waals surface area contributed by atoms with Gasteiger partial charge in [-0.1, -0.05) is 43.7 Å². The summed E-state index contributed by atoms with van der Waals surface area (Å²) in [5, 5.41) is 9.87. The fourth-order valence-electron chi connectivity index (χ4n) is 2.07. The minimum Gasteiger partial charge on any atom is -0.388 e. The molecule has 1 aromatic carbocycles. The molecule has 0 saturated carbocycles. The normalized spacial score (nSPS) is 13.2. The number of alkyl halides is 3. The largest absolute Gasteiger partial charge is 0.433 e. The first kappa shape index (κ1) is 15.5. The number of aliphatic hydroxyl groups is 1. The van der Waals surface area contributed by atoms with Gasteiger partial charge in [0.15, 0.2) is 0 Å². The molecule has 0 spiro atoms. The molecule has 0 bridgehead atoms.